The SMILES string of the molecule is C=CCNC(=O)[C@H]1CC[C@H](c2cccc(C(F)(F)F)c2)N(C(=O)C2CC2)C1. The molecule has 0 radical (unpaired) electrons. The molecule has 1 saturated heterocycles. The van der Waals surface area contributed by atoms with Crippen molar-refractivity contribution in [1.82, 2.24) is 10.2 Å². The van der Waals surface area contributed by atoms with Crippen LogP contribution >= 0.6 is 0 Å². The first-order chi connectivity index (χ1) is 12.8. The van der Waals surface area contributed by atoms with Crippen LogP contribution in [0.2, 0.25) is 0 Å². The molecule has 1 heterocycles. The molecule has 1 saturated carbocycles. The number of rotatable bonds is 5. The maximum atomic E-state index is 13.1. The van der Waals surface area contributed by atoms with Gasteiger partial charge in [0.1, 0.15) is 0 Å². The predicted octanol–water partition coefficient (Wildman–Crippen LogP) is 3.70. The topological polar surface area (TPSA) is 49.4 Å². The van der Waals surface area contributed by atoms with Crippen LogP contribution in [0.4, 0.5) is 13.2 Å². The summed E-state index contributed by atoms with van der Waals surface area (Å²) in [6.07, 6.45) is -0.247. The van der Waals surface area contributed by atoms with Crippen molar-refractivity contribution in [1.29, 1.82) is 0 Å². The van der Waals surface area contributed by atoms with Gasteiger partial charge in [0.05, 0.1) is 17.5 Å². The van der Waals surface area contributed by atoms with Gasteiger partial charge >= 0.3 is 6.18 Å². The first kappa shape index (κ1) is 19.5. The number of hydrogen-bond donors (Lipinski definition) is 1. The third-order valence-electron chi connectivity index (χ3n) is 5.18. The Morgan fingerprint density at radius 2 is 1.89 bits per heavy atom. The zero-order valence-electron chi connectivity index (χ0n) is 15.0. The Morgan fingerprint density at radius 1 is 1.19 bits per heavy atom. The monoisotopic (exact) mass is 380 g/mol. The maximum Gasteiger partial charge on any atom is 0.416 e. The summed E-state index contributed by atoms with van der Waals surface area (Å²) in [5.74, 6) is -0.618. The Balaban J connectivity index is 1.83. The van der Waals surface area contributed by atoms with Gasteiger partial charge in [0, 0.05) is 19.0 Å². The Hall–Kier alpha value is -2.31. The maximum absolute atomic E-state index is 13.1. The summed E-state index contributed by atoms with van der Waals surface area (Å²) in [7, 11) is 0. The summed E-state index contributed by atoms with van der Waals surface area (Å²) in [6.45, 7) is 4.15. The number of amides is 2. The lowest BCUT2D eigenvalue weighted by Gasteiger charge is -2.40. The molecule has 0 unspecified atom stereocenters. The number of carbonyl (C=O) groups is 2. The second-order valence-corrected chi connectivity index (χ2v) is 7.21. The van der Waals surface area contributed by atoms with E-state index in [0.717, 1.165) is 25.0 Å². The second-order valence-electron chi connectivity index (χ2n) is 7.21. The molecular formula is C20H23F3N2O2. The predicted molar refractivity (Wildman–Crippen MR) is 94.6 cm³/mol. The zero-order valence-corrected chi connectivity index (χ0v) is 15.0. The lowest BCUT2D eigenvalue weighted by Crippen LogP contribution is -2.47. The van der Waals surface area contributed by atoms with Crippen LogP contribution < -0.4 is 5.32 Å². The third-order valence-corrected chi connectivity index (χ3v) is 5.18. The minimum atomic E-state index is -4.43. The molecule has 1 aromatic rings. The Labute approximate surface area is 156 Å². The van der Waals surface area contributed by atoms with Crippen LogP contribution in [-0.2, 0) is 15.8 Å². The molecule has 0 spiro atoms. The van der Waals surface area contributed by atoms with E-state index >= 15 is 0 Å². The van der Waals surface area contributed by atoms with Crippen molar-refractivity contribution in [2.75, 3.05) is 13.1 Å². The fourth-order valence-corrected chi connectivity index (χ4v) is 3.58. The largest absolute Gasteiger partial charge is 0.416 e. The number of hydrogen-bond acceptors (Lipinski definition) is 2. The van der Waals surface area contributed by atoms with Gasteiger partial charge in [-0.3, -0.25) is 9.59 Å². The van der Waals surface area contributed by atoms with Gasteiger partial charge in [-0.1, -0.05) is 18.2 Å². The normalized spacial score (nSPS) is 23.0. The van der Waals surface area contributed by atoms with Gasteiger partial charge in [-0.25, -0.2) is 0 Å². The second kappa shape index (κ2) is 7.74. The van der Waals surface area contributed by atoms with Crippen LogP contribution in [0.3, 0.4) is 0 Å². The number of carbonyl (C=O) groups excluding carboxylic acids is 2. The first-order valence-electron chi connectivity index (χ1n) is 9.17. The molecule has 4 nitrogen and oxygen atoms in total. The van der Waals surface area contributed by atoms with E-state index in [1.54, 1.807) is 17.0 Å². The number of benzene rings is 1. The van der Waals surface area contributed by atoms with Crippen molar-refractivity contribution < 1.29 is 22.8 Å². The summed E-state index contributed by atoms with van der Waals surface area (Å²) in [5.41, 5.74) is -0.242. The molecule has 1 aromatic carbocycles. The molecule has 1 N–H and O–H groups in total. The number of likely N-dealkylation sites (tertiary alicyclic amines) is 1. The molecule has 2 amide bonds. The van der Waals surface area contributed by atoms with Crippen LogP contribution in [0, 0.1) is 11.8 Å². The molecule has 1 aliphatic heterocycles. The summed E-state index contributed by atoms with van der Waals surface area (Å²) < 4.78 is 39.2. The third kappa shape index (κ3) is 4.51. The number of halogens is 3. The summed E-state index contributed by atoms with van der Waals surface area (Å²) in [5, 5.41) is 2.75. The molecule has 27 heavy (non-hydrogen) atoms. The lowest BCUT2D eigenvalue weighted by atomic mass is 9.87. The quantitative estimate of drug-likeness (QED) is 0.792. The van der Waals surface area contributed by atoms with Crippen molar-refractivity contribution >= 4 is 11.8 Å². The van der Waals surface area contributed by atoms with Gasteiger partial charge in [0.25, 0.3) is 0 Å². The molecule has 3 rings (SSSR count). The van der Waals surface area contributed by atoms with Gasteiger partial charge in [0.2, 0.25) is 11.8 Å². The molecule has 2 atom stereocenters. The van der Waals surface area contributed by atoms with Crippen molar-refractivity contribution in [2.45, 2.75) is 37.9 Å². The van der Waals surface area contributed by atoms with E-state index < -0.39 is 17.8 Å². The molecule has 0 aromatic heterocycles. The summed E-state index contributed by atoms with van der Waals surface area (Å²) in [4.78, 5) is 26.7. The minimum Gasteiger partial charge on any atom is -0.352 e. The van der Waals surface area contributed by atoms with Crippen molar-refractivity contribution in [3.05, 3.63) is 48.0 Å². The van der Waals surface area contributed by atoms with Gasteiger partial charge < -0.3 is 10.2 Å². The molecule has 7 heteroatoms. The minimum absolute atomic E-state index is 0.0568. The van der Waals surface area contributed by atoms with E-state index in [-0.39, 0.29) is 30.2 Å². The number of alkyl halides is 3. The number of piperidine rings is 1. The average Bonchev–Trinajstić information content (AvgIpc) is 3.49. The van der Waals surface area contributed by atoms with Gasteiger partial charge in [-0.05, 0) is 43.4 Å². The highest BCUT2D eigenvalue weighted by atomic mass is 19.4. The number of nitrogens with zero attached hydrogens (tertiary/aromatic N) is 1. The van der Waals surface area contributed by atoms with Crippen LogP contribution in [0.5, 0.6) is 0 Å². The van der Waals surface area contributed by atoms with Crippen LogP contribution in [0.15, 0.2) is 36.9 Å². The van der Waals surface area contributed by atoms with Gasteiger partial charge in [-0.2, -0.15) is 13.2 Å². The molecular weight excluding hydrogens is 357 g/mol. The van der Waals surface area contributed by atoms with Gasteiger partial charge in [0.15, 0.2) is 0 Å². The molecule has 146 valence electrons. The van der Waals surface area contributed by atoms with Crippen molar-refractivity contribution in [2.24, 2.45) is 11.8 Å². The van der Waals surface area contributed by atoms with E-state index in [1.807, 2.05) is 0 Å². The van der Waals surface area contributed by atoms with Crippen LogP contribution in [0.1, 0.15) is 42.9 Å². The highest BCUT2D eigenvalue weighted by molar-refractivity contribution is 5.84. The smallest absolute Gasteiger partial charge is 0.352 e. The standard InChI is InChI=1S/C20H23F3N2O2/c1-2-10-24-18(26)15-8-9-17(25(12-15)19(27)13-6-7-13)14-4-3-5-16(11-14)20(21,22)23/h2-5,11,13,15,17H,1,6-10,12H2,(H,24,26)/t15-,17+/m0/s1. The molecule has 0 bridgehead atoms. The zero-order chi connectivity index (χ0) is 19.6. The average molecular weight is 380 g/mol. The first-order valence-corrected chi connectivity index (χ1v) is 9.17. The molecule has 2 aliphatic rings. The van der Waals surface area contributed by atoms with E-state index in [9.17, 15) is 22.8 Å². The van der Waals surface area contributed by atoms with Gasteiger partial charge in [-0.15, -0.1) is 6.58 Å². The summed E-state index contributed by atoms with van der Waals surface area (Å²) in [6, 6.07) is 4.73. The van der Waals surface area contributed by atoms with Crippen molar-refractivity contribution in [3.63, 3.8) is 0 Å². The van der Waals surface area contributed by atoms with Crippen LogP contribution in [0.25, 0.3) is 0 Å². The van der Waals surface area contributed by atoms with Crippen molar-refractivity contribution in [3.8, 4) is 0 Å². The van der Waals surface area contributed by atoms with E-state index in [2.05, 4.69) is 11.9 Å². The highest BCUT2D eigenvalue weighted by Crippen LogP contribution is 2.40. The number of nitrogens with one attached hydrogen (secondary N) is 1. The summed E-state index contributed by atoms with van der Waals surface area (Å²) >= 11 is 0. The van der Waals surface area contributed by atoms with E-state index in [0.29, 0.717) is 24.9 Å². The highest BCUT2D eigenvalue weighted by Gasteiger charge is 2.41. The lowest BCUT2D eigenvalue weighted by molar-refractivity contribution is -0.140. The van der Waals surface area contributed by atoms with Crippen LogP contribution in [-0.4, -0.2) is 29.8 Å². The Morgan fingerprint density at radius 3 is 2.52 bits per heavy atom. The van der Waals surface area contributed by atoms with E-state index in [1.165, 1.54) is 6.07 Å². The Kier molecular flexibility index (Phi) is 5.58. The fourth-order valence-electron chi connectivity index (χ4n) is 3.58. The molecule has 1 aliphatic carbocycles. The molecule has 2 fully saturated rings. The fraction of sp³-hybridized carbons (Fsp3) is 0.500. The van der Waals surface area contributed by atoms with E-state index in [4.69, 9.17) is 0 Å². The Bertz CT molecular complexity index is 728.